The van der Waals surface area contributed by atoms with Gasteiger partial charge in [0.25, 0.3) is 0 Å². The first kappa shape index (κ1) is 14.1. The fraction of sp³-hybridized carbons (Fsp3) is 0.571. The molecule has 0 bridgehead atoms. The topological polar surface area (TPSA) is 0 Å². The molecule has 0 spiro atoms. The maximum atomic E-state index is 12.7. The smallest absolute Gasteiger partial charge is 0.166 e. The number of benzene rings is 1. The van der Waals surface area contributed by atoms with Crippen molar-refractivity contribution in [2.24, 2.45) is 0 Å². The molecule has 0 aliphatic heterocycles. The van der Waals surface area contributed by atoms with Crippen LogP contribution in [0.15, 0.2) is 12.1 Å². The highest BCUT2D eigenvalue weighted by Crippen LogP contribution is 2.32. The van der Waals surface area contributed by atoms with Crippen LogP contribution in [-0.4, -0.2) is 0 Å². The molecule has 0 aromatic heterocycles. The first-order valence-corrected chi connectivity index (χ1v) is 6.03. The molecule has 0 aliphatic carbocycles. The van der Waals surface area contributed by atoms with Crippen molar-refractivity contribution in [1.29, 1.82) is 0 Å². The van der Waals surface area contributed by atoms with E-state index < -0.39 is 11.7 Å². The van der Waals surface area contributed by atoms with E-state index in [1.54, 1.807) is 6.92 Å². The first-order chi connectivity index (χ1) is 7.86. The Hall–Kier alpha value is -0.990. The molecule has 0 radical (unpaired) electrons. The molecule has 0 saturated carbocycles. The van der Waals surface area contributed by atoms with E-state index in [2.05, 4.69) is 6.92 Å². The Bertz CT molecular complexity index is 378. The third-order valence-corrected chi connectivity index (χ3v) is 3.15. The predicted molar refractivity (Wildman–Crippen MR) is 64.1 cm³/mol. The van der Waals surface area contributed by atoms with Gasteiger partial charge in [-0.05, 0) is 55.5 Å². The Morgan fingerprint density at radius 1 is 1.06 bits per heavy atom. The molecule has 0 N–H and O–H groups in total. The van der Waals surface area contributed by atoms with Gasteiger partial charge in [0.2, 0.25) is 0 Å². The highest BCUT2D eigenvalue weighted by molar-refractivity contribution is 5.39. The minimum absolute atomic E-state index is 0.521. The van der Waals surface area contributed by atoms with Crippen LogP contribution < -0.4 is 0 Å². The van der Waals surface area contributed by atoms with Crippen LogP contribution >= 0.6 is 0 Å². The van der Waals surface area contributed by atoms with Gasteiger partial charge in [0.15, 0.2) is 0 Å². The first-order valence-electron chi connectivity index (χ1n) is 6.03. The number of aryl methyl sites for hydroxylation is 2. The molecule has 1 rings (SSSR count). The normalized spacial score (nSPS) is 11.9. The van der Waals surface area contributed by atoms with Crippen molar-refractivity contribution in [2.45, 2.75) is 52.6 Å². The van der Waals surface area contributed by atoms with Gasteiger partial charge >= 0.3 is 6.18 Å². The van der Waals surface area contributed by atoms with Crippen molar-refractivity contribution >= 4 is 0 Å². The maximum Gasteiger partial charge on any atom is 0.416 e. The SMILES string of the molecule is CCCCCc1cc(C(F)(F)F)cc(C)c1C. The molecule has 3 heteroatoms. The van der Waals surface area contributed by atoms with Gasteiger partial charge in [0.05, 0.1) is 5.56 Å². The molecule has 0 aliphatic rings. The second kappa shape index (κ2) is 5.56. The lowest BCUT2D eigenvalue weighted by molar-refractivity contribution is -0.137. The molecule has 96 valence electrons. The van der Waals surface area contributed by atoms with Crippen LogP contribution in [0.5, 0.6) is 0 Å². The van der Waals surface area contributed by atoms with Crippen LogP contribution in [0.2, 0.25) is 0 Å². The second-order valence-corrected chi connectivity index (χ2v) is 4.53. The summed E-state index contributed by atoms with van der Waals surface area (Å²) in [7, 11) is 0. The summed E-state index contributed by atoms with van der Waals surface area (Å²) in [5, 5.41) is 0. The third kappa shape index (κ3) is 3.76. The second-order valence-electron chi connectivity index (χ2n) is 4.53. The molecule has 1 aromatic carbocycles. The van der Waals surface area contributed by atoms with E-state index in [1.807, 2.05) is 6.92 Å². The monoisotopic (exact) mass is 244 g/mol. The molecule has 1 aromatic rings. The lowest BCUT2D eigenvalue weighted by Gasteiger charge is -2.14. The van der Waals surface area contributed by atoms with E-state index in [-0.39, 0.29) is 0 Å². The van der Waals surface area contributed by atoms with Crippen LogP contribution in [0, 0.1) is 13.8 Å². The zero-order valence-electron chi connectivity index (χ0n) is 10.6. The van der Waals surface area contributed by atoms with E-state index >= 15 is 0 Å². The highest BCUT2D eigenvalue weighted by atomic mass is 19.4. The fourth-order valence-electron chi connectivity index (χ4n) is 1.92. The zero-order valence-corrected chi connectivity index (χ0v) is 10.6. The summed E-state index contributed by atoms with van der Waals surface area (Å²) < 4.78 is 38.0. The van der Waals surface area contributed by atoms with Crippen LogP contribution in [-0.2, 0) is 12.6 Å². The lowest BCUT2D eigenvalue weighted by Crippen LogP contribution is -2.07. The summed E-state index contributed by atoms with van der Waals surface area (Å²) in [4.78, 5) is 0. The number of hydrogen-bond acceptors (Lipinski definition) is 0. The number of unbranched alkanes of at least 4 members (excludes halogenated alkanes) is 2. The van der Waals surface area contributed by atoms with E-state index in [0.717, 1.165) is 42.4 Å². The van der Waals surface area contributed by atoms with Gasteiger partial charge in [0, 0.05) is 0 Å². The van der Waals surface area contributed by atoms with Crippen LogP contribution in [0.3, 0.4) is 0 Å². The number of halogens is 3. The van der Waals surface area contributed by atoms with E-state index in [9.17, 15) is 13.2 Å². The molecule has 17 heavy (non-hydrogen) atoms. The molecular weight excluding hydrogens is 225 g/mol. The van der Waals surface area contributed by atoms with Crippen LogP contribution in [0.25, 0.3) is 0 Å². The molecule has 0 nitrogen and oxygen atoms in total. The molecule has 0 atom stereocenters. The number of hydrogen-bond donors (Lipinski definition) is 0. The van der Waals surface area contributed by atoms with E-state index in [0.29, 0.717) is 0 Å². The highest BCUT2D eigenvalue weighted by Gasteiger charge is 2.31. The van der Waals surface area contributed by atoms with Gasteiger partial charge in [0.1, 0.15) is 0 Å². The average molecular weight is 244 g/mol. The van der Waals surface area contributed by atoms with Gasteiger partial charge in [-0.3, -0.25) is 0 Å². The quantitative estimate of drug-likeness (QED) is 0.650. The summed E-state index contributed by atoms with van der Waals surface area (Å²) >= 11 is 0. The number of rotatable bonds is 4. The van der Waals surface area contributed by atoms with Crippen molar-refractivity contribution in [3.05, 3.63) is 34.4 Å². The Labute approximate surface area is 101 Å². The van der Waals surface area contributed by atoms with Gasteiger partial charge < -0.3 is 0 Å². The molecule has 0 heterocycles. The minimum Gasteiger partial charge on any atom is -0.166 e. The van der Waals surface area contributed by atoms with Gasteiger partial charge in [-0.2, -0.15) is 13.2 Å². The number of alkyl halides is 3. The Morgan fingerprint density at radius 2 is 1.71 bits per heavy atom. The summed E-state index contributed by atoms with van der Waals surface area (Å²) in [6.07, 6.45) is -0.397. The summed E-state index contributed by atoms with van der Waals surface area (Å²) in [5.74, 6) is 0. The van der Waals surface area contributed by atoms with Crippen molar-refractivity contribution in [3.63, 3.8) is 0 Å². The van der Waals surface area contributed by atoms with Crippen molar-refractivity contribution in [1.82, 2.24) is 0 Å². The van der Waals surface area contributed by atoms with Gasteiger partial charge in [-0.1, -0.05) is 19.8 Å². The van der Waals surface area contributed by atoms with Crippen molar-refractivity contribution in [3.8, 4) is 0 Å². The molecule has 0 unspecified atom stereocenters. The standard InChI is InChI=1S/C14H19F3/c1-4-5-6-7-12-9-13(14(15,16)17)8-10(2)11(12)3/h8-9H,4-7H2,1-3H3. The zero-order chi connectivity index (χ0) is 13.1. The van der Waals surface area contributed by atoms with Crippen molar-refractivity contribution < 1.29 is 13.2 Å². The minimum atomic E-state index is -4.24. The van der Waals surface area contributed by atoms with Crippen LogP contribution in [0.4, 0.5) is 13.2 Å². The van der Waals surface area contributed by atoms with Crippen molar-refractivity contribution in [2.75, 3.05) is 0 Å². The van der Waals surface area contributed by atoms with E-state index in [1.165, 1.54) is 12.1 Å². The Morgan fingerprint density at radius 3 is 2.24 bits per heavy atom. The van der Waals surface area contributed by atoms with E-state index in [4.69, 9.17) is 0 Å². The molecular formula is C14H19F3. The average Bonchev–Trinajstić information content (AvgIpc) is 2.22. The van der Waals surface area contributed by atoms with Gasteiger partial charge in [-0.25, -0.2) is 0 Å². The van der Waals surface area contributed by atoms with Crippen LogP contribution in [0.1, 0.15) is 48.4 Å². The molecule has 0 amide bonds. The third-order valence-electron chi connectivity index (χ3n) is 3.15. The molecule has 0 fully saturated rings. The fourth-order valence-corrected chi connectivity index (χ4v) is 1.92. The van der Waals surface area contributed by atoms with Gasteiger partial charge in [-0.15, -0.1) is 0 Å². The summed E-state index contributed by atoms with van der Waals surface area (Å²) in [6, 6.07) is 2.54. The molecule has 0 saturated heterocycles. The predicted octanol–water partition coefficient (Wildman–Crippen LogP) is 5.05. The maximum absolute atomic E-state index is 12.7. The Balaban J connectivity index is 2.99. The largest absolute Gasteiger partial charge is 0.416 e. The summed E-state index contributed by atoms with van der Waals surface area (Å²) in [6.45, 7) is 5.73. The summed E-state index contributed by atoms with van der Waals surface area (Å²) in [5.41, 5.74) is 2.04. The lowest BCUT2D eigenvalue weighted by atomic mass is 9.95. The Kier molecular flexibility index (Phi) is 4.61.